The minimum absolute atomic E-state index is 0.639. The molecule has 10 heavy (non-hydrogen) atoms. The number of hydrogen-bond acceptors (Lipinski definition) is 2. The van der Waals surface area contributed by atoms with Crippen molar-refractivity contribution in [1.82, 2.24) is 4.98 Å². The van der Waals surface area contributed by atoms with Gasteiger partial charge >= 0.3 is 0 Å². The van der Waals surface area contributed by atoms with Gasteiger partial charge in [0.2, 0.25) is 5.82 Å². The molecule has 1 heterocycles. The second-order valence-corrected chi connectivity index (χ2v) is 2.30. The largest absolute Gasteiger partial charge is 0.363 e. The van der Waals surface area contributed by atoms with Crippen molar-refractivity contribution in [1.29, 1.82) is 0 Å². The van der Waals surface area contributed by atoms with Crippen LogP contribution in [0, 0.1) is 0 Å². The Labute approximate surface area is 60.5 Å². The van der Waals surface area contributed by atoms with E-state index in [2.05, 4.69) is 11.9 Å². The minimum Gasteiger partial charge on any atom is -0.363 e. The van der Waals surface area contributed by atoms with Gasteiger partial charge in [-0.2, -0.15) is 0 Å². The first-order valence-corrected chi connectivity index (χ1v) is 3.33. The average Bonchev–Trinajstić information content (AvgIpc) is 1.94. The lowest BCUT2D eigenvalue weighted by Crippen LogP contribution is -2.29. The van der Waals surface area contributed by atoms with Crippen molar-refractivity contribution in [3.63, 3.8) is 0 Å². The van der Waals surface area contributed by atoms with Gasteiger partial charge in [-0.15, -0.1) is 0 Å². The molecule has 0 fully saturated rings. The molecule has 1 aromatic heterocycles. The molecule has 0 aliphatic heterocycles. The van der Waals surface area contributed by atoms with Gasteiger partial charge in [-0.1, -0.05) is 6.92 Å². The molecule has 0 aliphatic rings. The Bertz CT molecular complexity index is 232. The number of aromatic nitrogens is 2. The molecule has 3 nitrogen and oxygen atoms in total. The fraction of sp³-hybridized carbons (Fsp3) is 0.429. The van der Waals surface area contributed by atoms with Crippen LogP contribution in [0.3, 0.4) is 0 Å². The molecule has 0 bridgehead atoms. The van der Waals surface area contributed by atoms with Crippen molar-refractivity contribution in [2.45, 2.75) is 13.3 Å². The maximum absolute atomic E-state index is 5.58. The summed E-state index contributed by atoms with van der Waals surface area (Å²) in [4.78, 5) is 3.99. The summed E-state index contributed by atoms with van der Waals surface area (Å²) in [6, 6.07) is 0. The quantitative estimate of drug-likeness (QED) is 0.557. The van der Waals surface area contributed by atoms with Gasteiger partial charge in [0.25, 0.3) is 6.33 Å². The highest BCUT2D eigenvalue weighted by Crippen LogP contribution is 2.02. The predicted molar refractivity (Wildman–Crippen MR) is 39.2 cm³/mol. The van der Waals surface area contributed by atoms with Crippen molar-refractivity contribution in [2.75, 3.05) is 5.73 Å². The molecule has 0 atom stereocenters. The smallest absolute Gasteiger partial charge is 0.288 e. The van der Waals surface area contributed by atoms with Crippen LogP contribution in [0.25, 0.3) is 0 Å². The van der Waals surface area contributed by atoms with E-state index < -0.39 is 0 Å². The van der Waals surface area contributed by atoms with E-state index >= 15 is 0 Å². The summed E-state index contributed by atoms with van der Waals surface area (Å²) in [7, 11) is 1.94. The molecule has 3 heteroatoms. The Morgan fingerprint density at radius 2 is 2.40 bits per heavy atom. The highest BCUT2D eigenvalue weighted by molar-refractivity contribution is 5.34. The molecule has 1 aromatic rings. The Morgan fingerprint density at radius 1 is 1.70 bits per heavy atom. The Kier molecular flexibility index (Phi) is 1.85. The van der Waals surface area contributed by atoms with E-state index in [1.54, 1.807) is 6.33 Å². The van der Waals surface area contributed by atoms with Gasteiger partial charge in [-0.05, 0) is 11.4 Å². The monoisotopic (exact) mass is 138 g/mol. The summed E-state index contributed by atoms with van der Waals surface area (Å²) in [5.74, 6) is 0.639. The summed E-state index contributed by atoms with van der Waals surface area (Å²) < 4.78 is 1.90. The van der Waals surface area contributed by atoms with E-state index in [9.17, 15) is 0 Å². The van der Waals surface area contributed by atoms with E-state index in [0.717, 1.165) is 12.0 Å². The zero-order valence-corrected chi connectivity index (χ0v) is 6.33. The molecule has 54 valence electrons. The second kappa shape index (κ2) is 2.64. The van der Waals surface area contributed by atoms with Crippen LogP contribution in [0.15, 0.2) is 12.5 Å². The van der Waals surface area contributed by atoms with E-state index in [0.29, 0.717) is 5.82 Å². The second-order valence-electron chi connectivity index (χ2n) is 2.30. The van der Waals surface area contributed by atoms with Gasteiger partial charge in [-0.3, -0.25) is 0 Å². The van der Waals surface area contributed by atoms with Gasteiger partial charge in [0.1, 0.15) is 0 Å². The maximum Gasteiger partial charge on any atom is 0.288 e. The fourth-order valence-corrected chi connectivity index (χ4v) is 0.854. The Balaban J connectivity index is 3.09. The molecular formula is C7H12N3+. The highest BCUT2D eigenvalue weighted by atomic mass is 15.0. The molecule has 0 amide bonds. The van der Waals surface area contributed by atoms with Crippen LogP contribution in [0.5, 0.6) is 0 Å². The number of aryl methyl sites for hydroxylation is 2. The molecule has 0 aliphatic carbocycles. The summed E-state index contributed by atoms with van der Waals surface area (Å²) in [6.45, 7) is 2.06. The van der Waals surface area contributed by atoms with E-state index in [4.69, 9.17) is 5.73 Å². The summed E-state index contributed by atoms with van der Waals surface area (Å²) in [5, 5.41) is 0. The van der Waals surface area contributed by atoms with Crippen molar-refractivity contribution in [3.05, 3.63) is 18.1 Å². The molecule has 0 aromatic carbocycles. The molecule has 0 radical (unpaired) electrons. The van der Waals surface area contributed by atoms with E-state index in [1.165, 1.54) is 0 Å². The molecule has 1 rings (SSSR count). The molecule has 0 unspecified atom stereocenters. The van der Waals surface area contributed by atoms with Crippen molar-refractivity contribution < 1.29 is 4.57 Å². The van der Waals surface area contributed by atoms with Crippen molar-refractivity contribution in [2.24, 2.45) is 7.05 Å². The van der Waals surface area contributed by atoms with Crippen LogP contribution in [0.2, 0.25) is 0 Å². The number of hydrogen-bond donors (Lipinski definition) is 1. The number of nitrogen functional groups attached to an aromatic ring is 1. The van der Waals surface area contributed by atoms with Gasteiger partial charge in [0, 0.05) is 0 Å². The van der Waals surface area contributed by atoms with Gasteiger partial charge in [0.15, 0.2) is 0 Å². The van der Waals surface area contributed by atoms with Crippen molar-refractivity contribution >= 4 is 5.82 Å². The van der Waals surface area contributed by atoms with Crippen LogP contribution in [0.4, 0.5) is 5.82 Å². The van der Waals surface area contributed by atoms with E-state index in [1.807, 2.05) is 17.8 Å². The Hall–Kier alpha value is -1.12. The molecule has 0 saturated carbocycles. The highest BCUT2D eigenvalue weighted by Gasteiger charge is 2.03. The van der Waals surface area contributed by atoms with Crippen LogP contribution in [-0.4, -0.2) is 4.98 Å². The van der Waals surface area contributed by atoms with Crippen LogP contribution >= 0.6 is 0 Å². The SMILES string of the molecule is CCc1c[n+](C)cnc1N. The topological polar surface area (TPSA) is 42.8 Å². The number of anilines is 1. The van der Waals surface area contributed by atoms with Gasteiger partial charge < -0.3 is 5.73 Å². The first kappa shape index (κ1) is 6.99. The van der Waals surface area contributed by atoms with Crippen LogP contribution in [0.1, 0.15) is 12.5 Å². The Morgan fingerprint density at radius 3 is 2.90 bits per heavy atom. The average molecular weight is 138 g/mol. The summed E-state index contributed by atoms with van der Waals surface area (Å²) in [6.07, 6.45) is 4.63. The lowest BCUT2D eigenvalue weighted by Gasteiger charge is -1.94. The van der Waals surface area contributed by atoms with Crippen LogP contribution < -0.4 is 10.3 Å². The standard InChI is InChI=1S/C7H11N3/c1-3-6-4-10(2)5-9-7(6)8/h4-5,8H,3H2,1-2H3/p+1. The predicted octanol–water partition coefficient (Wildman–Crippen LogP) is 0.0507. The molecule has 2 N–H and O–H groups in total. The van der Waals surface area contributed by atoms with Gasteiger partial charge in [-0.25, -0.2) is 4.57 Å². The number of rotatable bonds is 1. The van der Waals surface area contributed by atoms with Crippen LogP contribution in [-0.2, 0) is 13.5 Å². The summed E-state index contributed by atoms with van der Waals surface area (Å²) >= 11 is 0. The molecule has 0 saturated heterocycles. The normalized spacial score (nSPS) is 9.80. The first-order valence-electron chi connectivity index (χ1n) is 3.33. The number of nitrogens with two attached hydrogens (primary N) is 1. The lowest BCUT2D eigenvalue weighted by atomic mass is 10.2. The maximum atomic E-state index is 5.58. The van der Waals surface area contributed by atoms with E-state index in [-0.39, 0.29) is 0 Å². The number of nitrogens with zero attached hydrogens (tertiary/aromatic N) is 2. The lowest BCUT2D eigenvalue weighted by molar-refractivity contribution is -0.674. The minimum atomic E-state index is 0.639. The summed E-state index contributed by atoms with van der Waals surface area (Å²) in [5.41, 5.74) is 6.68. The third-order valence-electron chi connectivity index (χ3n) is 1.45. The third-order valence-corrected chi connectivity index (χ3v) is 1.45. The van der Waals surface area contributed by atoms with Gasteiger partial charge in [0.05, 0.1) is 18.8 Å². The zero-order valence-electron chi connectivity index (χ0n) is 6.33. The molecule has 0 spiro atoms. The first-order chi connectivity index (χ1) is 4.74. The van der Waals surface area contributed by atoms with Crippen molar-refractivity contribution in [3.8, 4) is 0 Å². The zero-order chi connectivity index (χ0) is 7.56. The molecular weight excluding hydrogens is 126 g/mol. The third kappa shape index (κ3) is 1.23. The fourth-order valence-electron chi connectivity index (χ4n) is 0.854.